The molecule has 0 aromatic heterocycles. The predicted molar refractivity (Wildman–Crippen MR) is 92.1 cm³/mol. The molecular formula is C18H35NO4. The molecule has 0 aromatic rings. The van der Waals surface area contributed by atoms with Gasteiger partial charge in [0.05, 0.1) is 11.8 Å². The molecule has 0 rings (SSSR count). The fourth-order valence-corrected chi connectivity index (χ4v) is 2.14. The zero-order chi connectivity index (χ0) is 18.2. The van der Waals surface area contributed by atoms with Crippen molar-refractivity contribution in [3.63, 3.8) is 0 Å². The van der Waals surface area contributed by atoms with Gasteiger partial charge in [0.15, 0.2) is 0 Å². The minimum absolute atomic E-state index is 0.106. The number of ether oxygens (including phenoxy) is 2. The molecule has 0 saturated heterocycles. The van der Waals surface area contributed by atoms with Crippen LogP contribution in [-0.2, 0) is 19.1 Å². The molecule has 0 spiro atoms. The summed E-state index contributed by atoms with van der Waals surface area (Å²) in [5.74, 6) is -0.916. The Morgan fingerprint density at radius 2 is 1.43 bits per heavy atom. The van der Waals surface area contributed by atoms with E-state index in [0.717, 1.165) is 6.42 Å². The Bertz CT molecular complexity index is 366. The van der Waals surface area contributed by atoms with Gasteiger partial charge in [0.2, 0.25) is 0 Å². The van der Waals surface area contributed by atoms with Crippen LogP contribution in [0.4, 0.5) is 0 Å². The molecule has 2 atom stereocenters. The van der Waals surface area contributed by atoms with Crippen molar-refractivity contribution in [3.8, 4) is 0 Å². The number of hydrogen-bond acceptors (Lipinski definition) is 5. The van der Waals surface area contributed by atoms with Gasteiger partial charge < -0.3 is 9.47 Å². The molecule has 0 heterocycles. The highest BCUT2D eigenvalue weighted by atomic mass is 16.6. The van der Waals surface area contributed by atoms with Gasteiger partial charge in [-0.3, -0.25) is 14.5 Å². The van der Waals surface area contributed by atoms with E-state index >= 15 is 0 Å². The minimum Gasteiger partial charge on any atom is -0.461 e. The molecule has 0 aliphatic heterocycles. The third-order valence-electron chi connectivity index (χ3n) is 3.87. The van der Waals surface area contributed by atoms with Crippen molar-refractivity contribution >= 4 is 11.9 Å². The molecular weight excluding hydrogens is 294 g/mol. The highest BCUT2D eigenvalue weighted by molar-refractivity contribution is 5.72. The van der Waals surface area contributed by atoms with Gasteiger partial charge in [0.1, 0.15) is 12.7 Å². The van der Waals surface area contributed by atoms with E-state index in [-0.39, 0.29) is 30.4 Å². The van der Waals surface area contributed by atoms with Crippen LogP contribution in [0, 0.1) is 11.8 Å². The van der Waals surface area contributed by atoms with E-state index in [4.69, 9.17) is 9.47 Å². The zero-order valence-electron chi connectivity index (χ0n) is 16.1. The summed E-state index contributed by atoms with van der Waals surface area (Å²) in [7, 11) is 0. The van der Waals surface area contributed by atoms with Gasteiger partial charge in [-0.25, -0.2) is 0 Å². The van der Waals surface area contributed by atoms with Gasteiger partial charge in [-0.2, -0.15) is 0 Å². The van der Waals surface area contributed by atoms with Gasteiger partial charge >= 0.3 is 11.9 Å². The first-order valence-electron chi connectivity index (χ1n) is 8.72. The van der Waals surface area contributed by atoms with Crippen LogP contribution in [0.15, 0.2) is 0 Å². The normalized spacial score (nSPS) is 14.4. The number of carbonyl (C=O) groups is 2. The van der Waals surface area contributed by atoms with Crippen LogP contribution >= 0.6 is 0 Å². The Kier molecular flexibility index (Phi) is 10.1. The summed E-state index contributed by atoms with van der Waals surface area (Å²) in [5.41, 5.74) is 0. The second kappa shape index (κ2) is 10.6. The van der Waals surface area contributed by atoms with Crippen LogP contribution in [0.3, 0.4) is 0 Å². The summed E-state index contributed by atoms with van der Waals surface area (Å²) in [6, 6.07) is 0.696. The van der Waals surface area contributed by atoms with Gasteiger partial charge in [0, 0.05) is 18.6 Å². The molecule has 0 amide bonds. The predicted octanol–water partition coefficient (Wildman–Crippen LogP) is 3.26. The van der Waals surface area contributed by atoms with E-state index in [0.29, 0.717) is 18.6 Å². The van der Waals surface area contributed by atoms with E-state index < -0.39 is 6.10 Å². The van der Waals surface area contributed by atoms with Crippen LogP contribution in [0.5, 0.6) is 0 Å². The zero-order valence-corrected chi connectivity index (χ0v) is 16.1. The first-order chi connectivity index (χ1) is 10.6. The van der Waals surface area contributed by atoms with Crippen molar-refractivity contribution in [2.75, 3.05) is 13.2 Å². The average Bonchev–Trinajstić information content (AvgIpc) is 2.47. The number of carbonyl (C=O) groups excluding carboxylic acids is 2. The van der Waals surface area contributed by atoms with E-state index in [2.05, 4.69) is 32.6 Å². The van der Waals surface area contributed by atoms with Crippen LogP contribution in [0.2, 0.25) is 0 Å². The molecule has 0 aromatic carbocycles. The molecule has 0 saturated carbocycles. The molecule has 5 nitrogen and oxygen atoms in total. The first-order valence-corrected chi connectivity index (χ1v) is 8.72. The molecule has 0 fully saturated rings. The van der Waals surface area contributed by atoms with Crippen LogP contribution in [0.1, 0.15) is 61.8 Å². The molecule has 0 aliphatic carbocycles. The van der Waals surface area contributed by atoms with E-state index in [1.54, 1.807) is 27.7 Å². The smallest absolute Gasteiger partial charge is 0.308 e. The maximum absolute atomic E-state index is 11.9. The molecule has 136 valence electrons. The number of hydrogen-bond donors (Lipinski definition) is 0. The minimum atomic E-state index is -0.441. The quantitative estimate of drug-likeness (QED) is 0.576. The lowest BCUT2D eigenvalue weighted by molar-refractivity contribution is -0.164. The molecule has 23 heavy (non-hydrogen) atoms. The second-order valence-corrected chi connectivity index (χ2v) is 7.05. The van der Waals surface area contributed by atoms with Gasteiger partial charge in [-0.1, -0.05) is 34.6 Å². The summed E-state index contributed by atoms with van der Waals surface area (Å²) in [6.07, 6.45) is 0.568. The van der Waals surface area contributed by atoms with Gasteiger partial charge in [-0.15, -0.1) is 0 Å². The van der Waals surface area contributed by atoms with E-state index in [9.17, 15) is 9.59 Å². The van der Waals surface area contributed by atoms with Crippen molar-refractivity contribution in [3.05, 3.63) is 0 Å². The Morgan fingerprint density at radius 3 is 1.83 bits per heavy atom. The van der Waals surface area contributed by atoms with E-state index in [1.807, 2.05) is 0 Å². The van der Waals surface area contributed by atoms with Crippen molar-refractivity contribution in [1.29, 1.82) is 0 Å². The standard InChI is InChI=1S/C18H35NO4/c1-9-15(8)19(14(6)7)10-16(23-18(21)13(4)5)11-22-17(20)12(2)3/h12-16H,9-11H2,1-8H3. The number of esters is 2. The fraction of sp³-hybridized carbons (Fsp3) is 0.889. The number of nitrogens with zero attached hydrogens (tertiary/aromatic N) is 1. The second-order valence-electron chi connectivity index (χ2n) is 7.05. The first kappa shape index (κ1) is 21.9. The lowest BCUT2D eigenvalue weighted by Crippen LogP contribution is -2.46. The average molecular weight is 329 g/mol. The third-order valence-corrected chi connectivity index (χ3v) is 3.87. The summed E-state index contributed by atoms with van der Waals surface area (Å²) in [4.78, 5) is 25.9. The van der Waals surface area contributed by atoms with Gasteiger partial charge in [0.25, 0.3) is 0 Å². The molecule has 5 heteroatoms. The van der Waals surface area contributed by atoms with Crippen LogP contribution in [-0.4, -0.2) is 48.2 Å². The lowest BCUT2D eigenvalue weighted by atomic mass is 10.1. The summed E-state index contributed by atoms with van der Waals surface area (Å²) in [5, 5.41) is 0. The monoisotopic (exact) mass is 329 g/mol. The SMILES string of the molecule is CCC(C)N(CC(COC(=O)C(C)C)OC(=O)C(C)C)C(C)C. The highest BCUT2D eigenvalue weighted by Crippen LogP contribution is 2.13. The molecule has 0 radical (unpaired) electrons. The molecule has 0 aliphatic rings. The van der Waals surface area contributed by atoms with Crippen molar-refractivity contribution in [1.82, 2.24) is 4.90 Å². The maximum Gasteiger partial charge on any atom is 0.308 e. The van der Waals surface area contributed by atoms with Crippen molar-refractivity contribution in [2.24, 2.45) is 11.8 Å². The Morgan fingerprint density at radius 1 is 0.913 bits per heavy atom. The highest BCUT2D eigenvalue weighted by Gasteiger charge is 2.25. The fourth-order valence-electron chi connectivity index (χ4n) is 2.14. The summed E-state index contributed by atoms with van der Waals surface area (Å²) >= 11 is 0. The summed E-state index contributed by atoms with van der Waals surface area (Å²) in [6.45, 7) is 16.4. The van der Waals surface area contributed by atoms with Crippen molar-refractivity contribution in [2.45, 2.75) is 80.0 Å². The summed E-state index contributed by atoms with van der Waals surface area (Å²) < 4.78 is 10.9. The maximum atomic E-state index is 11.9. The largest absolute Gasteiger partial charge is 0.461 e. The lowest BCUT2D eigenvalue weighted by Gasteiger charge is -2.35. The molecule has 0 bridgehead atoms. The van der Waals surface area contributed by atoms with Crippen LogP contribution in [0.25, 0.3) is 0 Å². The Hall–Kier alpha value is -1.10. The van der Waals surface area contributed by atoms with E-state index in [1.165, 1.54) is 0 Å². The molecule has 2 unspecified atom stereocenters. The topological polar surface area (TPSA) is 55.8 Å². The molecule has 0 N–H and O–H groups in total. The van der Waals surface area contributed by atoms with Crippen LogP contribution < -0.4 is 0 Å². The van der Waals surface area contributed by atoms with Crippen molar-refractivity contribution < 1.29 is 19.1 Å². The number of rotatable bonds is 10. The Balaban J connectivity index is 4.94. The Labute approximate surface area is 141 Å². The third kappa shape index (κ3) is 8.35. The van der Waals surface area contributed by atoms with Gasteiger partial charge in [-0.05, 0) is 27.2 Å².